The number of anilines is 2. The Balaban J connectivity index is 1.52. The monoisotopic (exact) mass is 485 g/mol. The summed E-state index contributed by atoms with van der Waals surface area (Å²) in [4.78, 5) is 20.3. The third kappa shape index (κ3) is 6.05. The molecule has 0 amide bonds. The first kappa shape index (κ1) is 22.7. The molecule has 2 N–H and O–H groups in total. The van der Waals surface area contributed by atoms with Gasteiger partial charge in [-0.15, -0.1) is 0 Å². The first-order chi connectivity index (χ1) is 15.6. The van der Waals surface area contributed by atoms with Crippen molar-refractivity contribution in [2.24, 2.45) is 0 Å². The van der Waals surface area contributed by atoms with E-state index in [1.54, 1.807) is 18.5 Å². The lowest BCUT2D eigenvalue weighted by molar-refractivity contribution is 0.480. The highest BCUT2D eigenvalue weighted by molar-refractivity contribution is 7.99. The molecule has 1 unspecified atom stereocenters. The molecule has 32 heavy (non-hydrogen) atoms. The number of nitrogens with zero attached hydrogens (tertiary/aromatic N) is 5. The van der Waals surface area contributed by atoms with Crippen LogP contribution in [0, 0.1) is 0 Å². The fraction of sp³-hybridized carbons (Fsp3) is 0.318. The molecular weight excluding hydrogens is 462 g/mol. The Morgan fingerprint density at radius 1 is 1.19 bits per heavy atom. The normalized spacial score (nSPS) is 15.9. The van der Waals surface area contributed by atoms with Gasteiger partial charge in [-0.2, -0.15) is 4.98 Å². The Labute approximate surface area is 202 Å². The minimum atomic E-state index is 0.419. The van der Waals surface area contributed by atoms with Crippen molar-refractivity contribution in [2.45, 2.75) is 49.0 Å². The predicted molar refractivity (Wildman–Crippen MR) is 133 cm³/mol. The molecule has 1 saturated heterocycles. The molecule has 3 heterocycles. The van der Waals surface area contributed by atoms with Gasteiger partial charge in [0.2, 0.25) is 5.95 Å². The van der Waals surface area contributed by atoms with Crippen LogP contribution in [0.4, 0.5) is 11.8 Å². The topological polar surface area (TPSA) is 78.9 Å². The van der Waals surface area contributed by atoms with Gasteiger partial charge in [0.1, 0.15) is 10.8 Å². The van der Waals surface area contributed by atoms with Gasteiger partial charge in [-0.05, 0) is 67.9 Å². The van der Waals surface area contributed by atoms with E-state index in [2.05, 4.69) is 37.4 Å². The summed E-state index contributed by atoms with van der Waals surface area (Å²) >= 11 is 13.1. The molecule has 0 spiro atoms. The minimum Gasteiger partial charge on any atom is -0.358 e. The lowest BCUT2D eigenvalue weighted by Crippen LogP contribution is -2.38. The summed E-state index contributed by atoms with van der Waals surface area (Å²) in [5.74, 6) is 1.32. The SMILES string of the molecule is CC1CCCCN1c1cc(Sc2ncccn2)nc(NC(=S)NCc2ccccc2Cl)n1. The molecule has 2 aromatic heterocycles. The van der Waals surface area contributed by atoms with E-state index in [9.17, 15) is 0 Å². The van der Waals surface area contributed by atoms with Gasteiger partial charge >= 0.3 is 0 Å². The van der Waals surface area contributed by atoms with E-state index in [4.69, 9.17) is 28.8 Å². The number of rotatable bonds is 6. The Kier molecular flexibility index (Phi) is 7.72. The van der Waals surface area contributed by atoms with Crippen LogP contribution in [0.25, 0.3) is 0 Å². The largest absolute Gasteiger partial charge is 0.358 e. The zero-order valence-corrected chi connectivity index (χ0v) is 20.1. The molecule has 0 bridgehead atoms. The summed E-state index contributed by atoms with van der Waals surface area (Å²) in [6, 6.07) is 11.9. The molecule has 0 saturated carbocycles. The fourth-order valence-electron chi connectivity index (χ4n) is 3.50. The van der Waals surface area contributed by atoms with Crippen LogP contribution in [0.3, 0.4) is 0 Å². The summed E-state index contributed by atoms with van der Waals surface area (Å²) in [6.45, 7) is 3.71. The zero-order chi connectivity index (χ0) is 22.3. The number of benzene rings is 1. The van der Waals surface area contributed by atoms with Crippen LogP contribution < -0.4 is 15.5 Å². The van der Waals surface area contributed by atoms with Gasteiger partial charge in [-0.3, -0.25) is 0 Å². The molecule has 0 radical (unpaired) electrons. The highest BCUT2D eigenvalue weighted by Gasteiger charge is 2.21. The second kappa shape index (κ2) is 10.9. The minimum absolute atomic E-state index is 0.419. The highest BCUT2D eigenvalue weighted by Crippen LogP contribution is 2.29. The summed E-state index contributed by atoms with van der Waals surface area (Å²) in [6.07, 6.45) is 6.98. The molecule has 10 heteroatoms. The van der Waals surface area contributed by atoms with Gasteiger partial charge in [0.25, 0.3) is 0 Å². The molecule has 1 aliphatic rings. The summed E-state index contributed by atoms with van der Waals surface area (Å²) < 4.78 is 0. The summed E-state index contributed by atoms with van der Waals surface area (Å²) in [5, 5.41) is 8.82. The van der Waals surface area contributed by atoms with Crippen LogP contribution in [0.2, 0.25) is 5.02 Å². The third-order valence-electron chi connectivity index (χ3n) is 5.15. The maximum absolute atomic E-state index is 6.24. The van der Waals surface area contributed by atoms with Crippen LogP contribution >= 0.6 is 35.6 Å². The third-order valence-corrected chi connectivity index (χ3v) is 6.57. The average Bonchev–Trinajstić information content (AvgIpc) is 2.79. The van der Waals surface area contributed by atoms with Crippen molar-refractivity contribution < 1.29 is 0 Å². The van der Waals surface area contributed by atoms with Crippen LogP contribution in [-0.2, 0) is 6.54 Å². The standard InChI is InChI=1S/C22H24ClN7S2/c1-15-7-4-5-12-30(15)18-13-19(32-22-24-10-6-11-25-22)28-20(27-18)29-21(31)26-14-16-8-2-3-9-17(16)23/h2-3,6,8-11,13,15H,4-5,7,12,14H2,1H3,(H2,26,27,28,29,31). The lowest BCUT2D eigenvalue weighted by atomic mass is 10.0. The van der Waals surface area contributed by atoms with Crippen LogP contribution in [0.1, 0.15) is 31.7 Å². The van der Waals surface area contributed by atoms with E-state index in [1.807, 2.05) is 30.3 Å². The molecule has 1 aromatic carbocycles. The summed E-state index contributed by atoms with van der Waals surface area (Å²) in [7, 11) is 0. The zero-order valence-electron chi connectivity index (χ0n) is 17.7. The van der Waals surface area contributed by atoms with Crippen LogP contribution in [0.5, 0.6) is 0 Å². The van der Waals surface area contributed by atoms with Gasteiger partial charge in [-0.25, -0.2) is 15.0 Å². The van der Waals surface area contributed by atoms with E-state index in [1.165, 1.54) is 18.2 Å². The van der Waals surface area contributed by atoms with E-state index in [0.29, 0.717) is 33.8 Å². The first-order valence-corrected chi connectivity index (χ1v) is 12.1. The Hall–Kier alpha value is -2.49. The smallest absolute Gasteiger partial charge is 0.232 e. The second-order valence-electron chi connectivity index (χ2n) is 7.46. The summed E-state index contributed by atoms with van der Waals surface area (Å²) in [5.41, 5.74) is 0.965. The number of piperidine rings is 1. The maximum Gasteiger partial charge on any atom is 0.232 e. The molecule has 4 rings (SSSR count). The first-order valence-electron chi connectivity index (χ1n) is 10.5. The Bertz CT molecular complexity index is 1070. The molecule has 7 nitrogen and oxygen atoms in total. The van der Waals surface area contributed by atoms with Crippen molar-refractivity contribution in [1.82, 2.24) is 25.3 Å². The number of halogens is 1. The van der Waals surface area contributed by atoms with Crippen molar-refractivity contribution in [3.63, 3.8) is 0 Å². The quantitative estimate of drug-likeness (QED) is 0.287. The van der Waals surface area contributed by atoms with Gasteiger partial charge in [-0.1, -0.05) is 29.8 Å². The van der Waals surface area contributed by atoms with Gasteiger partial charge in [0, 0.05) is 42.6 Å². The predicted octanol–water partition coefficient (Wildman–Crippen LogP) is 4.94. The Morgan fingerprint density at radius 3 is 2.78 bits per heavy atom. The van der Waals surface area contributed by atoms with E-state index in [0.717, 1.165) is 35.8 Å². The van der Waals surface area contributed by atoms with Crippen molar-refractivity contribution in [2.75, 3.05) is 16.8 Å². The van der Waals surface area contributed by atoms with Crippen LogP contribution in [0.15, 0.2) is 59.0 Å². The van der Waals surface area contributed by atoms with E-state index < -0.39 is 0 Å². The van der Waals surface area contributed by atoms with Gasteiger partial charge in [0.15, 0.2) is 10.3 Å². The van der Waals surface area contributed by atoms with Crippen LogP contribution in [-0.4, -0.2) is 37.6 Å². The number of hydrogen-bond donors (Lipinski definition) is 2. The second-order valence-corrected chi connectivity index (χ2v) is 9.26. The molecule has 166 valence electrons. The van der Waals surface area contributed by atoms with Crippen molar-refractivity contribution in [1.29, 1.82) is 0 Å². The van der Waals surface area contributed by atoms with E-state index >= 15 is 0 Å². The number of aromatic nitrogens is 4. The van der Waals surface area contributed by atoms with Gasteiger partial charge < -0.3 is 15.5 Å². The van der Waals surface area contributed by atoms with Crippen molar-refractivity contribution >= 4 is 52.5 Å². The highest BCUT2D eigenvalue weighted by atomic mass is 35.5. The fourth-order valence-corrected chi connectivity index (χ4v) is 4.58. The molecule has 1 aliphatic heterocycles. The lowest BCUT2D eigenvalue weighted by Gasteiger charge is -2.34. The average molecular weight is 486 g/mol. The Morgan fingerprint density at radius 2 is 2.00 bits per heavy atom. The van der Waals surface area contributed by atoms with Gasteiger partial charge in [0.05, 0.1) is 0 Å². The number of hydrogen-bond acceptors (Lipinski definition) is 7. The van der Waals surface area contributed by atoms with Crippen molar-refractivity contribution in [3.05, 3.63) is 59.4 Å². The molecule has 1 fully saturated rings. The number of nitrogens with one attached hydrogen (secondary N) is 2. The van der Waals surface area contributed by atoms with E-state index in [-0.39, 0.29) is 0 Å². The molecular formula is C22H24ClN7S2. The van der Waals surface area contributed by atoms with Crippen molar-refractivity contribution in [3.8, 4) is 0 Å². The molecule has 0 aliphatic carbocycles. The maximum atomic E-state index is 6.24. The number of thiocarbonyl (C=S) groups is 1. The molecule has 1 atom stereocenters. The molecule has 3 aromatic rings.